The molecule has 0 spiro atoms. The Morgan fingerprint density at radius 1 is 0.574 bits per heavy atom. The Kier molecular flexibility index (Phi) is 37.6. The summed E-state index contributed by atoms with van der Waals surface area (Å²) in [6.07, 6.45) is 31.9. The molecule has 320 valence electrons. The summed E-state index contributed by atoms with van der Waals surface area (Å²) in [4.78, 5) is 35.0. The molecule has 0 aromatic rings. The molecule has 0 aromatic carbocycles. The maximum absolute atomic E-state index is 12.6. The molecule has 0 saturated heterocycles. The molecule has 4 N–H and O–H groups in total. The molecule has 4 atom stereocenters. The van der Waals surface area contributed by atoms with Crippen LogP contribution in [0, 0.1) is 0 Å². The van der Waals surface area contributed by atoms with Gasteiger partial charge in [-0.3, -0.25) is 18.6 Å². The van der Waals surface area contributed by atoms with Crippen molar-refractivity contribution in [3.05, 3.63) is 12.2 Å². The molecular formula is C42H81O11P. The lowest BCUT2D eigenvalue weighted by Gasteiger charge is -2.20. The monoisotopic (exact) mass is 793 g/mol. The van der Waals surface area contributed by atoms with Gasteiger partial charge in [-0.2, -0.15) is 0 Å². The van der Waals surface area contributed by atoms with Gasteiger partial charge in [0, 0.05) is 12.8 Å². The van der Waals surface area contributed by atoms with Gasteiger partial charge in [0.05, 0.1) is 25.9 Å². The molecular weight excluding hydrogens is 711 g/mol. The smallest absolute Gasteiger partial charge is 0.462 e. The van der Waals surface area contributed by atoms with E-state index in [9.17, 15) is 29.3 Å². The van der Waals surface area contributed by atoms with Gasteiger partial charge in [-0.25, -0.2) is 4.57 Å². The Morgan fingerprint density at radius 2 is 1.04 bits per heavy atom. The number of carbonyl (C=O) groups is 2. The van der Waals surface area contributed by atoms with Crippen LogP contribution in [0.4, 0.5) is 0 Å². The van der Waals surface area contributed by atoms with E-state index in [1.165, 1.54) is 89.9 Å². The molecule has 0 aliphatic heterocycles. The Hall–Kier alpha value is -1.33. The van der Waals surface area contributed by atoms with Crippen molar-refractivity contribution < 1.29 is 52.9 Å². The molecule has 0 heterocycles. The number of phosphoric acid groups is 1. The number of esters is 2. The second-order valence-electron chi connectivity index (χ2n) is 14.9. The number of allylic oxidation sites excluding steroid dienone is 1. The third-order valence-electron chi connectivity index (χ3n) is 9.49. The SMILES string of the molecule is CCCCC/C=C/CC(O)CCCCCCCCC(=O)OC(COC(=O)CCCCCCCCCCCCCCCCC)COP(=O)(O)OCC(O)CO. The second kappa shape index (κ2) is 38.5. The first kappa shape index (κ1) is 52.7. The minimum Gasteiger partial charge on any atom is -0.462 e. The minimum absolute atomic E-state index is 0.142. The van der Waals surface area contributed by atoms with Gasteiger partial charge in [0.25, 0.3) is 0 Å². The largest absolute Gasteiger partial charge is 0.472 e. The molecule has 0 aliphatic rings. The Labute approximate surface area is 329 Å². The molecule has 0 aliphatic carbocycles. The van der Waals surface area contributed by atoms with Crippen LogP contribution in [-0.2, 0) is 32.7 Å². The average Bonchev–Trinajstić information content (AvgIpc) is 3.15. The van der Waals surface area contributed by atoms with Crippen molar-refractivity contribution in [2.24, 2.45) is 0 Å². The van der Waals surface area contributed by atoms with Gasteiger partial charge in [-0.15, -0.1) is 0 Å². The van der Waals surface area contributed by atoms with E-state index < -0.39 is 51.8 Å². The van der Waals surface area contributed by atoms with E-state index in [1.807, 2.05) is 0 Å². The topological polar surface area (TPSA) is 169 Å². The van der Waals surface area contributed by atoms with Crippen LogP contribution in [0.3, 0.4) is 0 Å². The van der Waals surface area contributed by atoms with Gasteiger partial charge in [-0.05, 0) is 38.5 Å². The van der Waals surface area contributed by atoms with Crippen LogP contribution >= 0.6 is 7.82 Å². The summed E-state index contributed by atoms with van der Waals surface area (Å²) in [6.45, 7) is 2.27. The fraction of sp³-hybridized carbons (Fsp3) is 0.905. The zero-order valence-corrected chi connectivity index (χ0v) is 35.2. The highest BCUT2D eigenvalue weighted by molar-refractivity contribution is 7.47. The maximum Gasteiger partial charge on any atom is 0.472 e. The van der Waals surface area contributed by atoms with E-state index in [0.29, 0.717) is 19.3 Å². The van der Waals surface area contributed by atoms with Crippen molar-refractivity contribution in [1.29, 1.82) is 0 Å². The zero-order valence-electron chi connectivity index (χ0n) is 34.3. The van der Waals surface area contributed by atoms with Gasteiger partial charge in [0.2, 0.25) is 0 Å². The van der Waals surface area contributed by atoms with Gasteiger partial charge < -0.3 is 29.7 Å². The molecule has 0 bridgehead atoms. The Balaban J connectivity index is 4.33. The molecule has 54 heavy (non-hydrogen) atoms. The lowest BCUT2D eigenvalue weighted by Crippen LogP contribution is -2.29. The second-order valence-corrected chi connectivity index (χ2v) is 16.4. The highest BCUT2D eigenvalue weighted by Gasteiger charge is 2.27. The first-order chi connectivity index (χ1) is 26.1. The zero-order chi connectivity index (χ0) is 40.0. The van der Waals surface area contributed by atoms with E-state index in [2.05, 4.69) is 30.5 Å². The number of carbonyl (C=O) groups excluding carboxylic acids is 2. The van der Waals surface area contributed by atoms with E-state index >= 15 is 0 Å². The Bertz CT molecular complexity index is 932. The van der Waals surface area contributed by atoms with Crippen LogP contribution in [0.1, 0.15) is 200 Å². The normalized spacial score (nSPS) is 14.6. The highest BCUT2D eigenvalue weighted by atomic mass is 31.2. The molecule has 12 heteroatoms. The fourth-order valence-electron chi connectivity index (χ4n) is 6.06. The van der Waals surface area contributed by atoms with Gasteiger partial charge in [0.1, 0.15) is 12.7 Å². The lowest BCUT2D eigenvalue weighted by atomic mass is 10.0. The van der Waals surface area contributed by atoms with Crippen LogP contribution in [0.5, 0.6) is 0 Å². The number of unbranched alkanes of at least 4 members (excludes halogenated alkanes) is 22. The van der Waals surface area contributed by atoms with Crippen molar-refractivity contribution in [2.45, 2.75) is 218 Å². The number of phosphoric ester groups is 1. The number of aliphatic hydroxyl groups is 3. The summed E-state index contributed by atoms with van der Waals surface area (Å²) in [7, 11) is -4.63. The van der Waals surface area contributed by atoms with Crippen molar-refractivity contribution in [3.8, 4) is 0 Å². The number of hydrogen-bond donors (Lipinski definition) is 4. The third-order valence-corrected chi connectivity index (χ3v) is 10.4. The first-order valence-corrected chi connectivity index (χ1v) is 23.2. The number of aliphatic hydroxyl groups excluding tert-OH is 3. The summed E-state index contributed by atoms with van der Waals surface area (Å²) in [5.41, 5.74) is 0. The minimum atomic E-state index is -4.63. The highest BCUT2D eigenvalue weighted by Crippen LogP contribution is 2.43. The molecule has 0 rings (SSSR count). The van der Waals surface area contributed by atoms with Crippen LogP contribution in [-0.4, -0.2) is 76.9 Å². The van der Waals surface area contributed by atoms with Gasteiger partial charge in [0.15, 0.2) is 6.10 Å². The summed E-state index contributed by atoms with van der Waals surface area (Å²) in [6, 6.07) is 0. The first-order valence-electron chi connectivity index (χ1n) is 21.7. The van der Waals surface area contributed by atoms with E-state index in [0.717, 1.165) is 64.2 Å². The average molecular weight is 793 g/mol. The van der Waals surface area contributed by atoms with Crippen molar-refractivity contribution in [2.75, 3.05) is 26.4 Å². The standard InChI is InChI=1S/C42H81O11P/c1-3-5-7-9-11-12-13-14-15-16-17-18-19-24-28-32-41(46)50-36-40(37-52-54(48,49)51-35-39(45)34-43)53-42(47)33-29-25-21-20-23-27-31-38(44)30-26-22-10-8-6-4-2/h22,26,38-40,43-45H,3-21,23-25,27-37H2,1-2H3,(H,48,49)/b26-22+. The van der Waals surface area contributed by atoms with Gasteiger partial charge in [-0.1, -0.05) is 161 Å². The van der Waals surface area contributed by atoms with Crippen molar-refractivity contribution >= 4 is 19.8 Å². The van der Waals surface area contributed by atoms with Crippen LogP contribution in [0.15, 0.2) is 12.2 Å². The quantitative estimate of drug-likeness (QED) is 0.0201. The molecule has 0 fully saturated rings. The van der Waals surface area contributed by atoms with Crippen LogP contribution < -0.4 is 0 Å². The predicted molar refractivity (Wildman–Crippen MR) is 216 cm³/mol. The summed E-state index contributed by atoms with van der Waals surface area (Å²) in [5, 5.41) is 28.5. The fourth-order valence-corrected chi connectivity index (χ4v) is 6.85. The summed E-state index contributed by atoms with van der Waals surface area (Å²) < 4.78 is 32.7. The summed E-state index contributed by atoms with van der Waals surface area (Å²) in [5.74, 6) is -0.969. The summed E-state index contributed by atoms with van der Waals surface area (Å²) >= 11 is 0. The Morgan fingerprint density at radius 3 is 1.57 bits per heavy atom. The van der Waals surface area contributed by atoms with Crippen molar-refractivity contribution in [3.63, 3.8) is 0 Å². The van der Waals surface area contributed by atoms with E-state index in [-0.39, 0.29) is 25.6 Å². The van der Waals surface area contributed by atoms with Crippen molar-refractivity contribution in [1.82, 2.24) is 0 Å². The molecule has 0 aromatic heterocycles. The molecule has 0 amide bonds. The van der Waals surface area contributed by atoms with Crippen LogP contribution in [0.2, 0.25) is 0 Å². The number of ether oxygens (including phenoxy) is 2. The lowest BCUT2D eigenvalue weighted by molar-refractivity contribution is -0.161. The molecule has 4 unspecified atom stereocenters. The number of rotatable bonds is 41. The van der Waals surface area contributed by atoms with Gasteiger partial charge >= 0.3 is 19.8 Å². The molecule has 11 nitrogen and oxygen atoms in total. The number of hydrogen-bond acceptors (Lipinski definition) is 10. The molecule has 0 saturated carbocycles. The van der Waals surface area contributed by atoms with E-state index in [1.54, 1.807) is 0 Å². The maximum atomic E-state index is 12.6. The predicted octanol–water partition coefficient (Wildman–Crippen LogP) is 10.2. The molecule has 0 radical (unpaired) electrons. The van der Waals surface area contributed by atoms with E-state index in [4.69, 9.17) is 19.1 Å². The van der Waals surface area contributed by atoms with Crippen LogP contribution in [0.25, 0.3) is 0 Å². The third kappa shape index (κ3) is 37.6.